The predicted molar refractivity (Wildman–Crippen MR) is 115 cm³/mol. The van der Waals surface area contributed by atoms with E-state index < -0.39 is 17.1 Å². The van der Waals surface area contributed by atoms with E-state index in [0.717, 1.165) is 40.3 Å². The van der Waals surface area contributed by atoms with Crippen molar-refractivity contribution in [2.45, 2.75) is 0 Å². The van der Waals surface area contributed by atoms with E-state index in [9.17, 15) is 14.4 Å². The fourth-order valence-corrected chi connectivity index (χ4v) is 4.62. The quantitative estimate of drug-likeness (QED) is 0.735. The van der Waals surface area contributed by atoms with Gasteiger partial charge in [0.15, 0.2) is 0 Å². The first-order valence-corrected chi connectivity index (χ1v) is 10.8. The third kappa shape index (κ3) is 4.69. The zero-order valence-corrected chi connectivity index (χ0v) is 17.1. The number of carbonyl (C=O) groups is 3. The van der Waals surface area contributed by atoms with Crippen LogP contribution in [0.5, 0.6) is 0 Å². The number of hydrogen-bond acceptors (Lipinski definition) is 7. The Balaban J connectivity index is 1.35. The van der Waals surface area contributed by atoms with Crippen molar-refractivity contribution in [3.05, 3.63) is 51.6 Å². The van der Waals surface area contributed by atoms with Gasteiger partial charge in [-0.05, 0) is 53.5 Å². The lowest BCUT2D eigenvalue weighted by atomic mass is 10.2. The second-order valence-corrected chi connectivity index (χ2v) is 8.45. The molecule has 1 aromatic heterocycles. The molecule has 7 nitrogen and oxygen atoms in total. The third-order valence-electron chi connectivity index (χ3n) is 4.52. The fourth-order valence-electron chi connectivity index (χ4n) is 3.06. The van der Waals surface area contributed by atoms with Gasteiger partial charge in [-0.1, -0.05) is 6.07 Å². The molecule has 150 valence electrons. The minimum absolute atomic E-state index is 0.308. The number of benzene rings is 1. The van der Waals surface area contributed by atoms with Crippen LogP contribution in [-0.4, -0.2) is 54.8 Å². The van der Waals surface area contributed by atoms with Crippen LogP contribution in [-0.2, 0) is 14.3 Å². The van der Waals surface area contributed by atoms with Gasteiger partial charge in [-0.2, -0.15) is 0 Å². The molecule has 9 heteroatoms. The van der Waals surface area contributed by atoms with Gasteiger partial charge >= 0.3 is 0 Å². The van der Waals surface area contributed by atoms with Gasteiger partial charge in [0.25, 0.3) is 11.1 Å². The summed E-state index contributed by atoms with van der Waals surface area (Å²) in [5.41, 5.74) is 1.68. The molecule has 4 rings (SSSR count). The number of thiophene rings is 1. The summed E-state index contributed by atoms with van der Waals surface area (Å²) in [4.78, 5) is 41.4. The van der Waals surface area contributed by atoms with E-state index in [1.54, 1.807) is 6.08 Å². The van der Waals surface area contributed by atoms with E-state index in [2.05, 4.69) is 10.2 Å². The Morgan fingerprint density at radius 2 is 1.90 bits per heavy atom. The van der Waals surface area contributed by atoms with Crippen molar-refractivity contribution in [2.75, 3.05) is 43.1 Å². The molecule has 2 aliphatic rings. The minimum atomic E-state index is -0.439. The minimum Gasteiger partial charge on any atom is -0.378 e. The van der Waals surface area contributed by atoms with Gasteiger partial charge in [0.2, 0.25) is 5.91 Å². The highest BCUT2D eigenvalue weighted by molar-refractivity contribution is 8.18. The lowest BCUT2D eigenvalue weighted by Crippen LogP contribution is -2.36. The molecule has 0 aliphatic carbocycles. The van der Waals surface area contributed by atoms with E-state index in [1.165, 1.54) is 11.3 Å². The molecular weight excluding hydrogens is 410 g/mol. The zero-order valence-electron chi connectivity index (χ0n) is 15.5. The van der Waals surface area contributed by atoms with Gasteiger partial charge in [0, 0.05) is 29.3 Å². The summed E-state index contributed by atoms with van der Waals surface area (Å²) >= 11 is 2.34. The molecular formula is C20H19N3O4S2. The van der Waals surface area contributed by atoms with Crippen molar-refractivity contribution < 1.29 is 19.1 Å². The molecule has 0 unspecified atom stereocenters. The Kier molecular flexibility index (Phi) is 5.98. The molecule has 3 heterocycles. The molecule has 3 amide bonds. The number of amides is 3. The van der Waals surface area contributed by atoms with Crippen LogP contribution >= 0.6 is 23.1 Å². The molecule has 2 aliphatic heterocycles. The lowest BCUT2D eigenvalue weighted by Gasteiger charge is -2.28. The highest BCUT2D eigenvalue weighted by atomic mass is 32.2. The highest BCUT2D eigenvalue weighted by Gasteiger charge is 2.36. The first-order valence-electron chi connectivity index (χ1n) is 9.11. The first kappa shape index (κ1) is 19.7. The summed E-state index contributed by atoms with van der Waals surface area (Å²) in [5, 5.41) is 4.21. The predicted octanol–water partition coefficient (Wildman–Crippen LogP) is 3.26. The molecule has 2 saturated heterocycles. The van der Waals surface area contributed by atoms with E-state index in [0.29, 0.717) is 23.8 Å². The maximum atomic E-state index is 12.5. The Hall–Kier alpha value is -2.62. The summed E-state index contributed by atoms with van der Waals surface area (Å²) in [6, 6.07) is 11.2. The summed E-state index contributed by atoms with van der Waals surface area (Å²) < 4.78 is 5.35. The number of morpholine rings is 1. The maximum Gasteiger partial charge on any atom is 0.294 e. The third-order valence-corrected chi connectivity index (χ3v) is 6.25. The standard InChI is InChI=1S/C20H19N3O4S2/c24-18(21-14-3-5-15(6-4-14)22-7-9-27-10-8-22)13-23-19(25)17(29-20(23)26)12-16-2-1-11-28-16/h1-6,11-12H,7-10,13H2,(H,21,24)/b17-12+. The Morgan fingerprint density at radius 3 is 2.59 bits per heavy atom. The van der Waals surface area contributed by atoms with Crippen LogP contribution in [0.1, 0.15) is 4.88 Å². The molecule has 1 N–H and O–H groups in total. The Labute approximate surface area is 176 Å². The van der Waals surface area contributed by atoms with Gasteiger partial charge in [-0.15, -0.1) is 11.3 Å². The van der Waals surface area contributed by atoms with E-state index in [4.69, 9.17) is 4.74 Å². The van der Waals surface area contributed by atoms with E-state index in [1.807, 2.05) is 41.8 Å². The van der Waals surface area contributed by atoms with Crippen molar-refractivity contribution in [3.8, 4) is 0 Å². The van der Waals surface area contributed by atoms with Crippen molar-refractivity contribution in [1.29, 1.82) is 0 Å². The van der Waals surface area contributed by atoms with E-state index in [-0.39, 0.29) is 6.54 Å². The number of hydrogen-bond donors (Lipinski definition) is 1. The van der Waals surface area contributed by atoms with Crippen LogP contribution in [0.3, 0.4) is 0 Å². The SMILES string of the molecule is O=C(CN1C(=O)S/C(=C/c2cccs2)C1=O)Nc1ccc(N2CCOCC2)cc1. The van der Waals surface area contributed by atoms with Gasteiger partial charge in [0.05, 0.1) is 18.1 Å². The molecule has 2 aromatic rings. The average Bonchev–Trinajstić information content (AvgIpc) is 3.33. The van der Waals surface area contributed by atoms with Crippen molar-refractivity contribution >= 4 is 57.6 Å². The number of nitrogens with zero attached hydrogens (tertiary/aromatic N) is 2. The van der Waals surface area contributed by atoms with Gasteiger partial charge in [-0.3, -0.25) is 19.3 Å². The van der Waals surface area contributed by atoms with Crippen molar-refractivity contribution in [2.24, 2.45) is 0 Å². The highest BCUT2D eigenvalue weighted by Crippen LogP contribution is 2.32. The number of ether oxygens (including phenoxy) is 1. The molecule has 0 radical (unpaired) electrons. The second-order valence-electron chi connectivity index (χ2n) is 6.48. The smallest absolute Gasteiger partial charge is 0.294 e. The van der Waals surface area contributed by atoms with Crippen molar-refractivity contribution in [3.63, 3.8) is 0 Å². The van der Waals surface area contributed by atoms with Crippen LogP contribution in [0.2, 0.25) is 0 Å². The average molecular weight is 430 g/mol. The van der Waals surface area contributed by atoms with Crippen molar-refractivity contribution in [1.82, 2.24) is 4.90 Å². The largest absolute Gasteiger partial charge is 0.378 e. The number of rotatable bonds is 5. The number of thioether (sulfide) groups is 1. The molecule has 0 bridgehead atoms. The normalized spacial score (nSPS) is 18.6. The molecule has 0 atom stereocenters. The molecule has 0 spiro atoms. The summed E-state index contributed by atoms with van der Waals surface area (Å²) in [5.74, 6) is -0.852. The van der Waals surface area contributed by atoms with Crippen LogP contribution in [0, 0.1) is 0 Å². The Morgan fingerprint density at radius 1 is 1.14 bits per heavy atom. The van der Waals surface area contributed by atoms with Gasteiger partial charge < -0.3 is 15.0 Å². The monoisotopic (exact) mass is 429 g/mol. The first-order chi connectivity index (χ1) is 14.1. The lowest BCUT2D eigenvalue weighted by molar-refractivity contribution is -0.127. The van der Waals surface area contributed by atoms with E-state index >= 15 is 0 Å². The molecule has 1 aromatic carbocycles. The number of nitrogens with one attached hydrogen (secondary N) is 1. The molecule has 0 saturated carbocycles. The zero-order chi connectivity index (χ0) is 20.2. The summed E-state index contributed by atoms with van der Waals surface area (Å²) in [7, 11) is 0. The topological polar surface area (TPSA) is 79.0 Å². The molecule has 29 heavy (non-hydrogen) atoms. The number of anilines is 2. The van der Waals surface area contributed by atoms with Crippen LogP contribution in [0.15, 0.2) is 46.7 Å². The fraction of sp³-hybridized carbons (Fsp3) is 0.250. The molecule has 2 fully saturated rings. The van der Waals surface area contributed by atoms with Crippen LogP contribution in [0.25, 0.3) is 6.08 Å². The van der Waals surface area contributed by atoms with Crippen LogP contribution < -0.4 is 10.2 Å². The van der Waals surface area contributed by atoms with Gasteiger partial charge in [0.1, 0.15) is 6.54 Å². The van der Waals surface area contributed by atoms with Gasteiger partial charge in [-0.25, -0.2) is 0 Å². The van der Waals surface area contributed by atoms with Crippen LogP contribution in [0.4, 0.5) is 16.2 Å². The number of carbonyl (C=O) groups excluding carboxylic acids is 3. The second kappa shape index (κ2) is 8.81. The Bertz CT molecular complexity index is 935. The summed E-state index contributed by atoms with van der Waals surface area (Å²) in [6.45, 7) is 2.78. The number of imide groups is 1. The summed E-state index contributed by atoms with van der Waals surface area (Å²) in [6.07, 6.45) is 1.68. The maximum absolute atomic E-state index is 12.5.